The van der Waals surface area contributed by atoms with E-state index in [2.05, 4.69) is 10.5 Å². The van der Waals surface area contributed by atoms with E-state index in [1.54, 1.807) is 0 Å². The molecule has 0 aliphatic carbocycles. The zero-order valence-electron chi connectivity index (χ0n) is 9.45. The number of nitrogens with two attached hydrogens (primary N) is 2. The van der Waals surface area contributed by atoms with Crippen molar-refractivity contribution >= 4 is 17.4 Å². The van der Waals surface area contributed by atoms with Crippen LogP contribution in [0, 0.1) is 6.92 Å². The summed E-state index contributed by atoms with van der Waals surface area (Å²) in [6.45, 7) is 3.88. The molecule has 0 heterocycles. The molecule has 0 radical (unpaired) electrons. The molecular formula is C11H16N4O. The third kappa shape index (κ3) is 2.98. The summed E-state index contributed by atoms with van der Waals surface area (Å²) >= 11 is 0. The van der Waals surface area contributed by atoms with E-state index in [4.69, 9.17) is 11.5 Å². The highest BCUT2D eigenvalue weighted by Gasteiger charge is 2.03. The summed E-state index contributed by atoms with van der Waals surface area (Å²) in [5.74, 6) is 0. The Morgan fingerprint density at radius 2 is 2.19 bits per heavy atom. The molecule has 0 saturated carbocycles. The molecule has 0 aliphatic rings. The highest BCUT2D eigenvalue weighted by atomic mass is 16.2. The Hall–Kier alpha value is -2.04. The van der Waals surface area contributed by atoms with Crippen LogP contribution in [-0.2, 0) is 0 Å². The fourth-order valence-corrected chi connectivity index (χ4v) is 1.33. The minimum atomic E-state index is -0.668. The molecule has 16 heavy (non-hydrogen) atoms. The second-order valence-corrected chi connectivity index (χ2v) is 3.46. The van der Waals surface area contributed by atoms with E-state index in [0.717, 1.165) is 22.5 Å². The van der Waals surface area contributed by atoms with Gasteiger partial charge in [0.25, 0.3) is 0 Å². The van der Waals surface area contributed by atoms with Gasteiger partial charge in [0, 0.05) is 5.69 Å². The third-order valence-electron chi connectivity index (χ3n) is 2.24. The summed E-state index contributed by atoms with van der Waals surface area (Å²) in [6, 6.07) is 4.95. The molecule has 0 spiro atoms. The number of hydrogen-bond acceptors (Lipinski definition) is 3. The van der Waals surface area contributed by atoms with Crippen LogP contribution in [-0.4, -0.2) is 11.7 Å². The number of anilines is 1. The first-order valence-electron chi connectivity index (χ1n) is 5.03. The van der Waals surface area contributed by atoms with Crippen molar-refractivity contribution in [3.8, 4) is 0 Å². The largest absolute Gasteiger partial charge is 0.399 e. The van der Waals surface area contributed by atoms with Gasteiger partial charge in [-0.3, -0.25) is 0 Å². The molecular weight excluding hydrogens is 204 g/mol. The van der Waals surface area contributed by atoms with Gasteiger partial charge in [0.05, 0.1) is 5.71 Å². The van der Waals surface area contributed by atoms with Gasteiger partial charge in [-0.1, -0.05) is 13.0 Å². The molecule has 0 fully saturated rings. The molecule has 5 N–H and O–H groups in total. The van der Waals surface area contributed by atoms with Crippen LogP contribution in [0.1, 0.15) is 24.5 Å². The maximum Gasteiger partial charge on any atom is 0.332 e. The number of carbonyl (C=O) groups is 1. The third-order valence-corrected chi connectivity index (χ3v) is 2.24. The number of amides is 2. The van der Waals surface area contributed by atoms with Gasteiger partial charge in [-0.15, -0.1) is 0 Å². The van der Waals surface area contributed by atoms with Crippen molar-refractivity contribution in [3.05, 3.63) is 29.3 Å². The Morgan fingerprint density at radius 1 is 1.50 bits per heavy atom. The number of benzene rings is 1. The van der Waals surface area contributed by atoms with Crippen LogP contribution >= 0.6 is 0 Å². The minimum absolute atomic E-state index is 0.668. The van der Waals surface area contributed by atoms with Gasteiger partial charge in [-0.2, -0.15) is 5.10 Å². The molecule has 0 unspecified atom stereocenters. The molecule has 0 aromatic heterocycles. The average Bonchev–Trinajstić information content (AvgIpc) is 2.23. The first kappa shape index (κ1) is 12.0. The number of hydrazone groups is 1. The molecule has 0 bridgehead atoms. The summed E-state index contributed by atoms with van der Waals surface area (Å²) < 4.78 is 0. The standard InChI is InChI=1S/C11H16N4O/c1-3-10(14-15-11(13)16)8-4-5-9(12)7(2)6-8/h4-6H,3,12H2,1-2H3,(H3,13,15,16). The summed E-state index contributed by atoms with van der Waals surface area (Å²) in [4.78, 5) is 10.6. The molecule has 5 nitrogen and oxygen atoms in total. The topological polar surface area (TPSA) is 93.5 Å². The maximum absolute atomic E-state index is 10.6. The molecule has 0 saturated heterocycles. The smallest absolute Gasteiger partial charge is 0.332 e. The number of nitrogens with one attached hydrogen (secondary N) is 1. The number of aryl methyl sites for hydroxylation is 1. The van der Waals surface area contributed by atoms with Gasteiger partial charge in [0.1, 0.15) is 0 Å². The summed E-state index contributed by atoms with van der Waals surface area (Å²) in [6.07, 6.45) is 0.698. The van der Waals surface area contributed by atoms with E-state index >= 15 is 0 Å². The van der Waals surface area contributed by atoms with Crippen molar-refractivity contribution in [1.29, 1.82) is 0 Å². The Bertz CT molecular complexity index is 426. The number of hydrogen-bond donors (Lipinski definition) is 3. The number of urea groups is 1. The van der Waals surface area contributed by atoms with Crippen molar-refractivity contribution in [2.24, 2.45) is 10.8 Å². The van der Waals surface area contributed by atoms with Crippen molar-refractivity contribution in [1.82, 2.24) is 5.43 Å². The first-order valence-corrected chi connectivity index (χ1v) is 5.03. The Kier molecular flexibility index (Phi) is 3.88. The van der Waals surface area contributed by atoms with E-state index in [1.165, 1.54) is 0 Å². The highest BCUT2D eigenvalue weighted by molar-refractivity contribution is 6.01. The van der Waals surface area contributed by atoms with E-state index in [9.17, 15) is 4.79 Å². The van der Waals surface area contributed by atoms with Gasteiger partial charge in [-0.05, 0) is 36.6 Å². The first-order chi connectivity index (χ1) is 7.54. The summed E-state index contributed by atoms with van der Waals surface area (Å²) in [5.41, 5.74) is 16.3. The van der Waals surface area contributed by atoms with E-state index in [-0.39, 0.29) is 0 Å². The summed E-state index contributed by atoms with van der Waals surface area (Å²) in [5, 5.41) is 3.93. The molecule has 5 heteroatoms. The van der Waals surface area contributed by atoms with Gasteiger partial charge >= 0.3 is 6.03 Å². The monoisotopic (exact) mass is 220 g/mol. The molecule has 86 valence electrons. The van der Waals surface area contributed by atoms with E-state index < -0.39 is 6.03 Å². The second-order valence-electron chi connectivity index (χ2n) is 3.46. The molecule has 1 aromatic rings. The van der Waals surface area contributed by atoms with Crippen LogP contribution in [0.5, 0.6) is 0 Å². The zero-order valence-corrected chi connectivity index (χ0v) is 9.45. The van der Waals surface area contributed by atoms with Crippen LogP contribution in [0.25, 0.3) is 0 Å². The van der Waals surface area contributed by atoms with Crippen LogP contribution < -0.4 is 16.9 Å². The Labute approximate surface area is 94.5 Å². The van der Waals surface area contributed by atoms with Gasteiger partial charge in [0.15, 0.2) is 0 Å². The van der Waals surface area contributed by atoms with Crippen LogP contribution in [0.3, 0.4) is 0 Å². The Morgan fingerprint density at radius 3 is 2.69 bits per heavy atom. The Balaban J connectivity index is 2.99. The van der Waals surface area contributed by atoms with E-state index in [0.29, 0.717) is 6.42 Å². The van der Waals surface area contributed by atoms with Crippen molar-refractivity contribution in [2.45, 2.75) is 20.3 Å². The lowest BCUT2D eigenvalue weighted by Crippen LogP contribution is -2.25. The van der Waals surface area contributed by atoms with E-state index in [1.807, 2.05) is 32.0 Å². The normalized spacial score (nSPS) is 11.2. The predicted molar refractivity (Wildman–Crippen MR) is 65.1 cm³/mol. The average molecular weight is 220 g/mol. The molecule has 1 aromatic carbocycles. The number of nitrogens with zero attached hydrogens (tertiary/aromatic N) is 1. The number of carbonyl (C=O) groups excluding carboxylic acids is 1. The zero-order chi connectivity index (χ0) is 12.1. The molecule has 2 amide bonds. The number of rotatable bonds is 3. The fourth-order valence-electron chi connectivity index (χ4n) is 1.33. The lowest BCUT2D eigenvalue weighted by atomic mass is 10.0. The van der Waals surface area contributed by atoms with Gasteiger partial charge < -0.3 is 11.5 Å². The van der Waals surface area contributed by atoms with Gasteiger partial charge in [-0.25, -0.2) is 10.2 Å². The van der Waals surface area contributed by atoms with Crippen LogP contribution in [0.4, 0.5) is 10.5 Å². The molecule has 1 rings (SSSR count). The van der Waals surface area contributed by atoms with Crippen LogP contribution in [0.2, 0.25) is 0 Å². The fraction of sp³-hybridized carbons (Fsp3) is 0.273. The lowest BCUT2D eigenvalue weighted by molar-refractivity contribution is 0.249. The minimum Gasteiger partial charge on any atom is -0.399 e. The van der Waals surface area contributed by atoms with Crippen molar-refractivity contribution in [2.75, 3.05) is 5.73 Å². The number of primary amides is 1. The summed E-state index contributed by atoms with van der Waals surface area (Å²) in [7, 11) is 0. The molecule has 0 atom stereocenters. The highest BCUT2D eigenvalue weighted by Crippen LogP contribution is 2.14. The number of nitrogen functional groups attached to an aromatic ring is 1. The SMILES string of the molecule is CCC(=NNC(N)=O)c1ccc(N)c(C)c1. The van der Waals surface area contributed by atoms with Gasteiger partial charge in [0.2, 0.25) is 0 Å². The van der Waals surface area contributed by atoms with Crippen molar-refractivity contribution in [3.63, 3.8) is 0 Å². The second kappa shape index (κ2) is 5.16. The quantitative estimate of drug-likeness (QED) is 0.407. The lowest BCUT2D eigenvalue weighted by Gasteiger charge is -2.06. The maximum atomic E-state index is 10.6. The van der Waals surface area contributed by atoms with Crippen LogP contribution in [0.15, 0.2) is 23.3 Å². The predicted octanol–water partition coefficient (Wildman–Crippen LogP) is 1.36. The van der Waals surface area contributed by atoms with Crippen molar-refractivity contribution < 1.29 is 4.79 Å². The molecule has 0 aliphatic heterocycles.